The highest BCUT2D eigenvalue weighted by Gasteiger charge is 2.07. The number of carbonyl (C=O) groups is 1. The Morgan fingerprint density at radius 2 is 2.00 bits per heavy atom. The molecule has 17 heavy (non-hydrogen) atoms. The van der Waals surface area contributed by atoms with E-state index >= 15 is 0 Å². The molecule has 0 bridgehead atoms. The van der Waals surface area contributed by atoms with Crippen molar-refractivity contribution in [3.63, 3.8) is 0 Å². The summed E-state index contributed by atoms with van der Waals surface area (Å²) >= 11 is 0. The number of halogens is 1. The fraction of sp³-hybridized carbons (Fsp3) is 0.231. The molecule has 0 amide bonds. The molecule has 1 aromatic heterocycles. The van der Waals surface area contributed by atoms with Gasteiger partial charge >= 0.3 is 0 Å². The van der Waals surface area contributed by atoms with Crippen LogP contribution in [-0.4, -0.2) is 15.6 Å². The minimum absolute atomic E-state index is 0.0000926. The second kappa shape index (κ2) is 4.91. The van der Waals surface area contributed by atoms with E-state index < -0.39 is 0 Å². The van der Waals surface area contributed by atoms with Gasteiger partial charge in [-0.15, -0.1) is 0 Å². The predicted octanol–water partition coefficient (Wildman–Crippen LogP) is 2.60. The fourth-order valence-electron chi connectivity index (χ4n) is 1.62. The summed E-state index contributed by atoms with van der Waals surface area (Å²) in [7, 11) is 0. The number of Topliss-reactive ketones (excluding diaryl/α,β-unsaturated/α-hetero) is 1. The first-order valence-corrected chi connectivity index (χ1v) is 5.44. The van der Waals surface area contributed by atoms with Crippen LogP contribution in [0, 0.1) is 12.7 Å². The van der Waals surface area contributed by atoms with Gasteiger partial charge in [0, 0.05) is 30.4 Å². The molecule has 0 fully saturated rings. The monoisotopic (exact) mass is 232 g/mol. The molecule has 0 N–H and O–H groups in total. The van der Waals surface area contributed by atoms with E-state index in [4.69, 9.17) is 0 Å². The highest BCUT2D eigenvalue weighted by atomic mass is 19.1. The zero-order valence-electron chi connectivity index (χ0n) is 9.56. The van der Waals surface area contributed by atoms with Crippen LogP contribution in [0.2, 0.25) is 0 Å². The SMILES string of the molecule is Cc1ccnn1CCC(=O)c1ccc(F)cc1. The van der Waals surface area contributed by atoms with Gasteiger partial charge in [0.15, 0.2) is 5.78 Å². The molecule has 0 radical (unpaired) electrons. The van der Waals surface area contributed by atoms with Crippen LogP contribution in [-0.2, 0) is 6.54 Å². The van der Waals surface area contributed by atoms with Crippen LogP contribution in [0.3, 0.4) is 0 Å². The van der Waals surface area contributed by atoms with Crippen molar-refractivity contribution in [2.75, 3.05) is 0 Å². The second-order valence-corrected chi connectivity index (χ2v) is 3.88. The summed E-state index contributed by atoms with van der Waals surface area (Å²) in [6.45, 7) is 2.49. The van der Waals surface area contributed by atoms with Crippen LogP contribution < -0.4 is 0 Å². The maximum atomic E-state index is 12.7. The van der Waals surface area contributed by atoms with Crippen LogP contribution in [0.15, 0.2) is 36.5 Å². The van der Waals surface area contributed by atoms with E-state index in [0.717, 1.165) is 5.69 Å². The molecule has 2 aromatic rings. The third-order valence-corrected chi connectivity index (χ3v) is 2.65. The average molecular weight is 232 g/mol. The Kier molecular flexibility index (Phi) is 3.32. The van der Waals surface area contributed by atoms with Crippen molar-refractivity contribution in [1.29, 1.82) is 0 Å². The van der Waals surface area contributed by atoms with Crippen LogP contribution in [0.5, 0.6) is 0 Å². The number of benzene rings is 1. The van der Waals surface area contributed by atoms with E-state index in [2.05, 4.69) is 5.10 Å². The summed E-state index contributed by atoms with van der Waals surface area (Å²) in [5.41, 5.74) is 1.56. The van der Waals surface area contributed by atoms with Crippen LogP contribution in [0.4, 0.5) is 4.39 Å². The lowest BCUT2D eigenvalue weighted by Crippen LogP contribution is -2.08. The Morgan fingerprint density at radius 3 is 2.59 bits per heavy atom. The van der Waals surface area contributed by atoms with Crippen molar-refractivity contribution >= 4 is 5.78 Å². The zero-order valence-corrected chi connectivity index (χ0v) is 9.56. The van der Waals surface area contributed by atoms with Gasteiger partial charge < -0.3 is 0 Å². The number of hydrogen-bond donors (Lipinski definition) is 0. The van der Waals surface area contributed by atoms with Gasteiger partial charge in [-0.25, -0.2) is 4.39 Å². The van der Waals surface area contributed by atoms with E-state index in [1.165, 1.54) is 24.3 Å². The maximum absolute atomic E-state index is 12.7. The Bertz CT molecular complexity index is 516. The standard InChI is InChI=1S/C13H13FN2O/c1-10-6-8-15-16(10)9-7-13(17)11-2-4-12(14)5-3-11/h2-6,8H,7,9H2,1H3. The number of rotatable bonds is 4. The first kappa shape index (κ1) is 11.5. The van der Waals surface area contributed by atoms with Gasteiger partial charge in [0.05, 0.1) is 0 Å². The van der Waals surface area contributed by atoms with E-state index in [0.29, 0.717) is 18.5 Å². The van der Waals surface area contributed by atoms with E-state index in [-0.39, 0.29) is 11.6 Å². The Labute approximate surface area is 98.9 Å². The molecule has 0 aliphatic carbocycles. The van der Waals surface area contributed by atoms with Crippen molar-refractivity contribution in [3.8, 4) is 0 Å². The van der Waals surface area contributed by atoms with Gasteiger partial charge in [0.1, 0.15) is 5.82 Å². The summed E-state index contributed by atoms with van der Waals surface area (Å²) in [5, 5.41) is 4.10. The van der Waals surface area contributed by atoms with Crippen molar-refractivity contribution < 1.29 is 9.18 Å². The summed E-state index contributed by atoms with van der Waals surface area (Å²) < 4.78 is 14.5. The molecule has 0 spiro atoms. The number of carbonyl (C=O) groups excluding carboxylic acids is 1. The minimum Gasteiger partial charge on any atom is -0.294 e. The quantitative estimate of drug-likeness (QED) is 0.759. The lowest BCUT2D eigenvalue weighted by Gasteiger charge is -2.04. The minimum atomic E-state index is -0.329. The lowest BCUT2D eigenvalue weighted by atomic mass is 10.1. The highest BCUT2D eigenvalue weighted by Crippen LogP contribution is 2.07. The molecule has 4 heteroatoms. The lowest BCUT2D eigenvalue weighted by molar-refractivity contribution is 0.0975. The number of ketones is 1. The first-order chi connectivity index (χ1) is 8.16. The third-order valence-electron chi connectivity index (χ3n) is 2.65. The van der Waals surface area contributed by atoms with Crippen LogP contribution in [0.1, 0.15) is 22.5 Å². The van der Waals surface area contributed by atoms with Gasteiger partial charge in [0.25, 0.3) is 0 Å². The number of nitrogens with zero attached hydrogens (tertiary/aromatic N) is 2. The van der Waals surface area contributed by atoms with Crippen molar-refractivity contribution in [1.82, 2.24) is 9.78 Å². The summed E-state index contributed by atoms with van der Waals surface area (Å²) in [4.78, 5) is 11.8. The van der Waals surface area contributed by atoms with Gasteiger partial charge in [-0.05, 0) is 37.3 Å². The third kappa shape index (κ3) is 2.78. The molecule has 88 valence electrons. The van der Waals surface area contributed by atoms with Gasteiger partial charge in [-0.2, -0.15) is 5.10 Å². The Balaban J connectivity index is 1.98. The number of aryl methyl sites for hydroxylation is 2. The summed E-state index contributed by atoms with van der Waals surface area (Å²) in [6.07, 6.45) is 2.08. The molecular formula is C13H13FN2O. The Hall–Kier alpha value is -1.97. The number of aromatic nitrogens is 2. The normalized spacial score (nSPS) is 10.5. The molecule has 0 unspecified atom stereocenters. The Morgan fingerprint density at radius 1 is 1.29 bits per heavy atom. The van der Waals surface area contributed by atoms with Gasteiger partial charge in [-0.1, -0.05) is 0 Å². The summed E-state index contributed by atoms with van der Waals surface area (Å²) in [6, 6.07) is 7.50. The smallest absolute Gasteiger partial charge is 0.164 e. The average Bonchev–Trinajstić information content (AvgIpc) is 2.73. The molecule has 0 saturated carbocycles. The molecule has 3 nitrogen and oxygen atoms in total. The predicted molar refractivity (Wildman–Crippen MR) is 62.3 cm³/mol. The fourth-order valence-corrected chi connectivity index (χ4v) is 1.62. The summed E-state index contributed by atoms with van der Waals surface area (Å²) in [5.74, 6) is -0.329. The van der Waals surface area contributed by atoms with E-state index in [1.807, 2.05) is 13.0 Å². The zero-order chi connectivity index (χ0) is 12.3. The molecule has 0 aliphatic rings. The molecule has 0 atom stereocenters. The van der Waals surface area contributed by atoms with Crippen molar-refractivity contribution in [2.24, 2.45) is 0 Å². The van der Waals surface area contributed by atoms with E-state index in [1.54, 1.807) is 10.9 Å². The van der Waals surface area contributed by atoms with Gasteiger partial charge in [0.2, 0.25) is 0 Å². The maximum Gasteiger partial charge on any atom is 0.164 e. The van der Waals surface area contributed by atoms with Crippen LogP contribution >= 0.6 is 0 Å². The topological polar surface area (TPSA) is 34.9 Å². The second-order valence-electron chi connectivity index (χ2n) is 3.88. The molecule has 1 aromatic carbocycles. The van der Waals surface area contributed by atoms with Crippen molar-refractivity contribution in [2.45, 2.75) is 19.9 Å². The number of hydrogen-bond acceptors (Lipinski definition) is 2. The molecule has 1 heterocycles. The molecule has 0 aliphatic heterocycles. The van der Waals surface area contributed by atoms with Crippen LogP contribution in [0.25, 0.3) is 0 Å². The largest absolute Gasteiger partial charge is 0.294 e. The van der Waals surface area contributed by atoms with Crippen molar-refractivity contribution in [3.05, 3.63) is 53.6 Å². The first-order valence-electron chi connectivity index (χ1n) is 5.44. The molecule has 2 rings (SSSR count). The highest BCUT2D eigenvalue weighted by molar-refractivity contribution is 5.95. The molecular weight excluding hydrogens is 219 g/mol. The van der Waals surface area contributed by atoms with E-state index in [9.17, 15) is 9.18 Å². The molecule has 0 saturated heterocycles. The van der Waals surface area contributed by atoms with Gasteiger partial charge in [-0.3, -0.25) is 9.48 Å².